The summed E-state index contributed by atoms with van der Waals surface area (Å²) in [5, 5.41) is 6.57. The zero-order valence-electron chi connectivity index (χ0n) is 8.79. The van der Waals surface area contributed by atoms with Crippen LogP contribution < -0.4 is 5.32 Å². The topological polar surface area (TPSA) is 54.9 Å². The maximum atomic E-state index is 11.8. The van der Waals surface area contributed by atoms with Crippen molar-refractivity contribution in [2.75, 3.05) is 5.88 Å². The van der Waals surface area contributed by atoms with Crippen LogP contribution >= 0.6 is 23.1 Å². The van der Waals surface area contributed by atoms with Gasteiger partial charge in [-0.2, -0.15) is 0 Å². The minimum absolute atomic E-state index is 0.144. The largest absolute Gasteiger partial charge is 0.345 e. The Balaban J connectivity index is 2.71. The van der Waals surface area contributed by atoms with E-state index in [4.69, 9.17) is 11.6 Å². The summed E-state index contributed by atoms with van der Waals surface area (Å²) in [7, 11) is 0. The van der Waals surface area contributed by atoms with Crippen molar-refractivity contribution in [2.24, 2.45) is 0 Å². The third-order valence-electron chi connectivity index (χ3n) is 2.57. The van der Waals surface area contributed by atoms with Crippen LogP contribution in [0.25, 0.3) is 0 Å². The Kier molecular flexibility index (Phi) is 4.47. The van der Waals surface area contributed by atoms with Crippen LogP contribution in [0.3, 0.4) is 0 Å². The molecule has 0 aromatic carbocycles. The second-order valence-electron chi connectivity index (χ2n) is 3.36. The normalized spacial score (nSPS) is 11.4. The molecule has 0 spiro atoms. The lowest BCUT2D eigenvalue weighted by Gasteiger charge is -2.30. The Morgan fingerprint density at radius 1 is 1.60 bits per heavy atom. The Morgan fingerprint density at radius 3 is 2.67 bits per heavy atom. The molecule has 0 bridgehead atoms. The maximum Gasteiger partial charge on any atom is 0.265 e. The fraction of sp³-hybridized carbons (Fsp3) is 0.667. The number of carbonyl (C=O) groups is 1. The van der Waals surface area contributed by atoms with Crippen LogP contribution in [0.1, 0.15) is 36.4 Å². The molecular formula is C9H14ClN3OS. The first-order chi connectivity index (χ1) is 7.17. The first-order valence-electron chi connectivity index (χ1n) is 4.83. The van der Waals surface area contributed by atoms with Crippen LogP contribution in [0.2, 0.25) is 0 Å². The summed E-state index contributed by atoms with van der Waals surface area (Å²) in [6, 6.07) is 0. The summed E-state index contributed by atoms with van der Waals surface area (Å²) in [5.41, 5.74) is -0.317. The molecule has 0 radical (unpaired) electrons. The molecule has 0 saturated heterocycles. The van der Waals surface area contributed by atoms with E-state index in [1.54, 1.807) is 0 Å². The highest BCUT2D eigenvalue weighted by atomic mass is 35.5. The maximum absolute atomic E-state index is 11.8. The van der Waals surface area contributed by atoms with Crippen LogP contribution in [0.15, 0.2) is 6.20 Å². The molecule has 1 amide bonds. The molecule has 0 fully saturated rings. The molecule has 0 aliphatic rings. The van der Waals surface area contributed by atoms with E-state index >= 15 is 0 Å². The first kappa shape index (κ1) is 12.4. The van der Waals surface area contributed by atoms with Crippen molar-refractivity contribution in [3.63, 3.8) is 0 Å². The van der Waals surface area contributed by atoms with Crippen LogP contribution in [0.4, 0.5) is 0 Å². The Hall–Kier alpha value is -0.680. The van der Waals surface area contributed by atoms with E-state index in [1.165, 1.54) is 6.20 Å². The molecule has 0 atom stereocenters. The molecule has 0 aliphatic heterocycles. The molecule has 1 aromatic heterocycles. The summed E-state index contributed by atoms with van der Waals surface area (Å²) in [6.07, 6.45) is 3.08. The minimum atomic E-state index is -0.317. The van der Waals surface area contributed by atoms with Gasteiger partial charge >= 0.3 is 0 Å². The number of alkyl halides is 1. The monoisotopic (exact) mass is 247 g/mol. The van der Waals surface area contributed by atoms with Gasteiger partial charge in [0.05, 0.1) is 11.7 Å². The Morgan fingerprint density at radius 2 is 2.27 bits per heavy atom. The quantitative estimate of drug-likeness (QED) is 0.811. The number of amides is 1. The molecular weight excluding hydrogens is 234 g/mol. The Bertz CT molecular complexity index is 303. The van der Waals surface area contributed by atoms with E-state index in [2.05, 4.69) is 14.9 Å². The molecule has 15 heavy (non-hydrogen) atoms. The van der Waals surface area contributed by atoms with Gasteiger partial charge in [0.15, 0.2) is 0 Å². The summed E-state index contributed by atoms with van der Waals surface area (Å²) in [4.78, 5) is 12.3. The predicted molar refractivity (Wildman–Crippen MR) is 61.4 cm³/mol. The molecule has 1 N–H and O–H groups in total. The van der Waals surface area contributed by atoms with Crippen LogP contribution in [-0.4, -0.2) is 26.9 Å². The number of nitrogens with zero attached hydrogens (tertiary/aromatic N) is 2. The number of hydrogen-bond acceptors (Lipinski definition) is 4. The van der Waals surface area contributed by atoms with Gasteiger partial charge in [-0.05, 0) is 24.4 Å². The lowest BCUT2D eigenvalue weighted by atomic mass is 9.95. The van der Waals surface area contributed by atoms with Gasteiger partial charge in [-0.25, -0.2) is 0 Å². The standard InChI is InChI=1S/C9H14ClN3OS/c1-3-9(4-2,6-10)12-8(14)7-5-11-13-15-7/h5H,3-4,6H2,1-2H3,(H,12,14). The van der Waals surface area contributed by atoms with Crippen molar-refractivity contribution < 1.29 is 4.79 Å². The highest BCUT2D eigenvalue weighted by Crippen LogP contribution is 2.18. The van der Waals surface area contributed by atoms with Gasteiger partial charge in [0.2, 0.25) is 0 Å². The number of aromatic nitrogens is 2. The predicted octanol–water partition coefficient (Wildman–Crippen LogP) is 2.07. The molecule has 1 heterocycles. The van der Waals surface area contributed by atoms with E-state index < -0.39 is 0 Å². The van der Waals surface area contributed by atoms with Gasteiger partial charge in [-0.3, -0.25) is 4.79 Å². The van der Waals surface area contributed by atoms with Gasteiger partial charge in [-0.1, -0.05) is 18.3 Å². The number of rotatable bonds is 5. The van der Waals surface area contributed by atoms with Crippen molar-refractivity contribution in [2.45, 2.75) is 32.2 Å². The van der Waals surface area contributed by atoms with Crippen molar-refractivity contribution in [1.29, 1.82) is 0 Å². The third-order valence-corrected chi connectivity index (χ3v) is 3.75. The van der Waals surface area contributed by atoms with Gasteiger partial charge in [0, 0.05) is 5.88 Å². The molecule has 1 aromatic rings. The van der Waals surface area contributed by atoms with Crippen molar-refractivity contribution >= 4 is 29.0 Å². The van der Waals surface area contributed by atoms with Gasteiger partial charge in [0.25, 0.3) is 5.91 Å². The second kappa shape index (κ2) is 5.42. The SMILES string of the molecule is CCC(CC)(CCl)NC(=O)c1cnns1. The number of carbonyl (C=O) groups excluding carboxylic acids is 1. The number of halogens is 1. The first-order valence-corrected chi connectivity index (χ1v) is 6.14. The minimum Gasteiger partial charge on any atom is -0.345 e. The smallest absolute Gasteiger partial charge is 0.265 e. The van der Waals surface area contributed by atoms with Crippen molar-refractivity contribution in [3.8, 4) is 0 Å². The van der Waals surface area contributed by atoms with E-state index in [-0.39, 0.29) is 11.4 Å². The van der Waals surface area contributed by atoms with E-state index in [0.29, 0.717) is 10.8 Å². The Labute approximate surface area is 98.2 Å². The van der Waals surface area contributed by atoms with Crippen LogP contribution in [0, 0.1) is 0 Å². The molecule has 0 aliphatic carbocycles. The van der Waals surface area contributed by atoms with E-state index in [9.17, 15) is 4.79 Å². The van der Waals surface area contributed by atoms with Crippen molar-refractivity contribution in [3.05, 3.63) is 11.1 Å². The van der Waals surface area contributed by atoms with Gasteiger partial charge in [0.1, 0.15) is 4.88 Å². The molecule has 0 unspecified atom stereocenters. The fourth-order valence-electron chi connectivity index (χ4n) is 1.22. The average Bonchev–Trinajstić information content (AvgIpc) is 2.79. The van der Waals surface area contributed by atoms with Gasteiger partial charge < -0.3 is 5.32 Å². The highest BCUT2D eigenvalue weighted by molar-refractivity contribution is 7.07. The molecule has 84 valence electrons. The summed E-state index contributed by atoms with van der Waals surface area (Å²) in [6.45, 7) is 4.02. The zero-order valence-corrected chi connectivity index (χ0v) is 10.4. The lowest BCUT2D eigenvalue weighted by molar-refractivity contribution is 0.0906. The number of nitrogens with one attached hydrogen (secondary N) is 1. The van der Waals surface area contributed by atoms with E-state index in [0.717, 1.165) is 24.4 Å². The summed E-state index contributed by atoms with van der Waals surface area (Å²) in [5.74, 6) is 0.271. The lowest BCUT2D eigenvalue weighted by Crippen LogP contribution is -2.49. The third kappa shape index (κ3) is 2.89. The summed E-state index contributed by atoms with van der Waals surface area (Å²) < 4.78 is 3.65. The average molecular weight is 248 g/mol. The molecule has 1 rings (SSSR count). The molecule has 4 nitrogen and oxygen atoms in total. The van der Waals surface area contributed by atoms with Crippen LogP contribution in [0.5, 0.6) is 0 Å². The molecule has 0 saturated carbocycles. The van der Waals surface area contributed by atoms with Gasteiger partial charge in [-0.15, -0.1) is 16.7 Å². The van der Waals surface area contributed by atoms with Crippen molar-refractivity contribution in [1.82, 2.24) is 14.9 Å². The fourth-order valence-corrected chi connectivity index (χ4v) is 2.07. The van der Waals surface area contributed by atoms with E-state index in [1.807, 2.05) is 13.8 Å². The molecule has 6 heteroatoms. The van der Waals surface area contributed by atoms with Crippen LogP contribution in [-0.2, 0) is 0 Å². The summed E-state index contributed by atoms with van der Waals surface area (Å²) >= 11 is 6.97. The number of hydrogen-bond donors (Lipinski definition) is 1. The zero-order chi connectivity index (χ0) is 11.3. The highest BCUT2D eigenvalue weighted by Gasteiger charge is 2.27. The second-order valence-corrected chi connectivity index (χ2v) is 4.41.